The molecule has 6 fully saturated rings. The first-order valence-electron chi connectivity index (χ1n) is 39.6. The Kier molecular flexibility index (Phi) is 27.9. The Morgan fingerprint density at radius 2 is 1.27 bits per heavy atom. The first-order chi connectivity index (χ1) is 48.6. The number of hydrogen-bond acceptors (Lipinski definition) is 9. The van der Waals surface area contributed by atoms with Gasteiger partial charge in [0.15, 0.2) is 0 Å². The fourth-order valence-electron chi connectivity index (χ4n) is 16.8. The van der Waals surface area contributed by atoms with Gasteiger partial charge in [-0.2, -0.15) is 41.6 Å². The van der Waals surface area contributed by atoms with Crippen molar-refractivity contribution in [2.45, 2.75) is 351 Å². The van der Waals surface area contributed by atoms with Gasteiger partial charge in [0.05, 0.1) is 6.54 Å². The number of rotatable bonds is 14. The van der Waals surface area contributed by atoms with E-state index >= 15 is 0 Å². The number of aromatic nitrogens is 8. The molecule has 3 saturated heterocycles. The zero-order valence-corrected chi connectivity index (χ0v) is 66.8. The van der Waals surface area contributed by atoms with Gasteiger partial charge in [-0.1, -0.05) is 84.7 Å². The van der Waals surface area contributed by atoms with Gasteiger partial charge in [-0.3, -0.25) is 37.9 Å². The van der Waals surface area contributed by atoms with E-state index in [1.54, 1.807) is 24.6 Å². The second-order valence-electron chi connectivity index (χ2n) is 34.3. The lowest BCUT2D eigenvalue weighted by Crippen LogP contribution is -2.41. The number of alkyl halides is 7. The second kappa shape index (κ2) is 34.6. The Morgan fingerprint density at radius 1 is 0.663 bits per heavy atom. The van der Waals surface area contributed by atoms with Crippen LogP contribution >= 0.6 is 0 Å². The number of nitrogens with zero attached hydrogens (tertiary/aromatic N) is 10. The first-order valence-corrected chi connectivity index (χ1v) is 39.6. The van der Waals surface area contributed by atoms with E-state index in [1.165, 1.54) is 74.4 Å². The highest BCUT2D eigenvalue weighted by Crippen LogP contribution is 2.68. The Balaban J connectivity index is 0.000000154. The van der Waals surface area contributed by atoms with Crippen molar-refractivity contribution >= 4 is 11.9 Å². The predicted octanol–water partition coefficient (Wildman–Crippen LogP) is 20.2. The van der Waals surface area contributed by atoms with Gasteiger partial charge in [0.25, 0.3) is 23.3 Å². The van der Waals surface area contributed by atoms with Gasteiger partial charge in [-0.05, 0) is 221 Å². The zero-order valence-electron chi connectivity index (χ0n) is 66.8. The molecule has 6 aliphatic carbocycles. The summed E-state index contributed by atoms with van der Waals surface area (Å²) in [5, 5.41) is 15.5. The summed E-state index contributed by atoms with van der Waals surface area (Å²) in [7, 11) is 0. The summed E-state index contributed by atoms with van der Waals surface area (Å²) in [5.41, 5.74) is 7.21. The minimum Gasteiger partial charge on any atom is -0.444 e. The van der Waals surface area contributed by atoms with E-state index in [9.17, 15) is 45.1 Å². The molecule has 5 aromatic rings. The first kappa shape index (κ1) is 83.9. The summed E-state index contributed by atoms with van der Waals surface area (Å²) in [6.07, 6.45) is 15.8. The number of nitrogens with one attached hydrogen (secondary N) is 1. The molecule has 15 nitrogen and oxygen atoms in total. The molecule has 0 bridgehead atoms. The highest BCUT2D eigenvalue weighted by atomic mass is 19.3. The smallest absolute Gasteiger partial charge is 0.410 e. The molecular weight excluding hydrogens is 1340 g/mol. The van der Waals surface area contributed by atoms with E-state index in [0.29, 0.717) is 72.0 Å². The van der Waals surface area contributed by atoms with Crippen LogP contribution in [0.1, 0.15) is 339 Å². The number of hydrogen-bond donors (Lipinski definition) is 1. The van der Waals surface area contributed by atoms with Gasteiger partial charge in [0.1, 0.15) is 40.3 Å². The standard InChI is InChI=1S/C14H21N.C13H20F2N2.C12H15F3N2.C12H16F2N2.C12H20N2O.C12H23NO2.C7H13NO/c1-12(2)14-9-6-10-15(14)11-13-7-4-3-5-8-13;1-9(2)17-11(10-6-4-5-7-10)8-12(16-17)13(3,14)15;1-5(2)17-11-9(10(16-17)6(3)13)7-4-8(7)12(11,14)15;1-6(2)16-10-8-4-7(8)5-9(10)11(15-16)12(3,13)14;1-4-13-12(15)10-7-5-6-8-11(10)14(13)9(2)3;1-9(2)10-7-6-8-13(10)11(14)15-12(3,4)5;1-5(2)7-3-6(9)4-8-7/h3-5,7-8,12,14H,6,9-11H2,1-2H3;8-10H,4-7H2,1-3H3;5-8H,4H2,1-3H3;6-8H,4-5H2,1-3H3;9H,4-8H2,1-3H3;9-10H,6-8H2,1-5H3;5,7-8H,3-4H2,1-2H3/t;;;;;10-;7-/m.....00/s1. The van der Waals surface area contributed by atoms with Crippen molar-refractivity contribution in [3.63, 3.8) is 0 Å². The molecule has 22 heteroatoms. The number of Topliss-reactive ketones (excluding diaryl/α,β-unsaturated/α-hetero) is 1. The van der Waals surface area contributed by atoms with Crippen LogP contribution in [0, 0.1) is 29.6 Å². The van der Waals surface area contributed by atoms with Gasteiger partial charge in [0, 0.05) is 134 Å². The number of fused-ring (bicyclic) bond motifs is 7. The van der Waals surface area contributed by atoms with Gasteiger partial charge >= 0.3 is 6.09 Å². The maximum Gasteiger partial charge on any atom is 0.410 e. The maximum absolute atomic E-state index is 14.1. The largest absolute Gasteiger partial charge is 0.444 e. The normalized spacial score (nSPS) is 23.2. The third-order valence-corrected chi connectivity index (χ3v) is 22.1. The molecule has 584 valence electrons. The maximum atomic E-state index is 14.1. The molecule has 14 rings (SSSR count). The van der Waals surface area contributed by atoms with Crippen LogP contribution in [0.15, 0.2) is 41.2 Å². The van der Waals surface area contributed by atoms with Crippen LogP contribution in [0.4, 0.5) is 35.5 Å². The Labute approximate surface area is 616 Å². The molecule has 1 aromatic carbocycles. The number of carbonyl (C=O) groups excluding carboxylic acids is 2. The van der Waals surface area contributed by atoms with E-state index in [2.05, 4.69) is 116 Å². The predicted molar refractivity (Wildman–Crippen MR) is 400 cm³/mol. The SMILES string of the molecule is CC(C)C1CCCN1Cc1ccccc1.CC(C)[C@@H]1CC(=O)CN1.CC(C)[C@@H]1CCCN1C(=O)OC(C)(C)C.CC(C)n1nc(C(C)(F)F)c2c1C1CC1C2.CC(C)n1nc(C(C)(F)F)cc1C1CCCC1.CC(F)c1nn(C(C)C)c2c1C1CC1C2(F)F.CCn1c(=O)c2c(n1C(C)C)CCCC2. The number of ether oxygens (including phenoxy) is 1. The topological polar surface area (TPSA) is 142 Å². The monoisotopic (exact) mass is 1460 g/mol. The molecule has 7 heterocycles. The lowest BCUT2D eigenvalue weighted by atomic mass is 9.98. The van der Waals surface area contributed by atoms with Crippen molar-refractivity contribution in [1.82, 2.24) is 53.8 Å². The number of amides is 1. The third kappa shape index (κ3) is 20.1. The van der Waals surface area contributed by atoms with E-state index in [4.69, 9.17) is 4.74 Å². The summed E-state index contributed by atoms with van der Waals surface area (Å²) >= 11 is 0. The third-order valence-electron chi connectivity index (χ3n) is 22.1. The van der Waals surface area contributed by atoms with Gasteiger partial charge in [0.2, 0.25) is 0 Å². The lowest BCUT2D eigenvalue weighted by Gasteiger charge is -2.30. The van der Waals surface area contributed by atoms with E-state index < -0.39 is 29.9 Å². The summed E-state index contributed by atoms with van der Waals surface area (Å²) in [5.74, 6) is -5.44. The van der Waals surface area contributed by atoms with Crippen molar-refractivity contribution in [2.24, 2.45) is 29.6 Å². The fraction of sp³-hybridized carbons (Fsp3) is 0.756. The molecule has 0 spiro atoms. The van der Waals surface area contributed by atoms with Crippen LogP contribution in [0.5, 0.6) is 0 Å². The number of ketones is 1. The molecule has 6 unspecified atom stereocenters. The lowest BCUT2D eigenvalue weighted by molar-refractivity contribution is -0.116. The molecule has 8 atom stereocenters. The molecule has 1 N–H and O–H groups in total. The summed E-state index contributed by atoms with van der Waals surface area (Å²) < 4.78 is 110. The fourth-order valence-corrected chi connectivity index (χ4v) is 16.8. The van der Waals surface area contributed by atoms with Crippen molar-refractivity contribution in [3.05, 3.63) is 109 Å². The van der Waals surface area contributed by atoms with E-state index in [-0.39, 0.29) is 64.1 Å². The highest BCUT2D eigenvalue weighted by molar-refractivity contribution is 5.83. The van der Waals surface area contributed by atoms with E-state index in [1.807, 2.05) is 69.7 Å². The average molecular weight is 1460 g/mol. The van der Waals surface area contributed by atoms with Crippen LogP contribution in [-0.2, 0) is 59.7 Å². The summed E-state index contributed by atoms with van der Waals surface area (Å²) in [6.45, 7) is 44.8. The molecule has 9 aliphatic rings. The van der Waals surface area contributed by atoms with Crippen molar-refractivity contribution in [3.8, 4) is 0 Å². The number of benzene rings is 1. The molecule has 104 heavy (non-hydrogen) atoms. The summed E-state index contributed by atoms with van der Waals surface area (Å²) in [6, 6.07) is 14.6. The van der Waals surface area contributed by atoms with Crippen LogP contribution in [-0.4, -0.2) is 104 Å². The minimum absolute atomic E-state index is 0.0170. The second-order valence-corrected chi connectivity index (χ2v) is 34.3. The highest BCUT2D eigenvalue weighted by Gasteiger charge is 2.67. The van der Waals surface area contributed by atoms with Crippen LogP contribution in [0.3, 0.4) is 0 Å². The minimum atomic E-state index is -2.84. The van der Waals surface area contributed by atoms with Crippen LogP contribution < -0.4 is 10.9 Å². The molecule has 3 saturated carbocycles. The molecule has 4 aromatic heterocycles. The van der Waals surface area contributed by atoms with Crippen molar-refractivity contribution in [2.75, 3.05) is 19.6 Å². The Hall–Kier alpha value is -5.77. The van der Waals surface area contributed by atoms with Crippen molar-refractivity contribution < 1.29 is 45.1 Å². The number of carbonyl (C=O) groups is 2. The van der Waals surface area contributed by atoms with Gasteiger partial charge < -0.3 is 15.0 Å². The van der Waals surface area contributed by atoms with Gasteiger partial charge in [-0.15, -0.1) is 0 Å². The van der Waals surface area contributed by atoms with E-state index in [0.717, 1.165) is 119 Å². The molecule has 1 amide bonds. The summed E-state index contributed by atoms with van der Waals surface area (Å²) in [4.78, 5) is 39.2. The average Bonchev–Trinajstić information content (AvgIpc) is 1.53. The molecule has 0 radical (unpaired) electrons. The number of likely N-dealkylation sites (tertiary alicyclic amines) is 2. The molecule has 3 aliphatic heterocycles. The number of halogens is 7. The van der Waals surface area contributed by atoms with Gasteiger partial charge in [-0.25, -0.2) is 9.18 Å². The molecular formula is C82H128F7N11O4. The van der Waals surface area contributed by atoms with Crippen LogP contribution in [0.25, 0.3) is 0 Å². The Bertz CT molecular complexity index is 3670. The quantitative estimate of drug-likeness (QED) is 0.108. The Morgan fingerprint density at radius 3 is 1.79 bits per heavy atom. The zero-order chi connectivity index (χ0) is 77.0. The van der Waals surface area contributed by atoms with Crippen LogP contribution in [0.2, 0.25) is 0 Å². The van der Waals surface area contributed by atoms with Crippen molar-refractivity contribution in [1.29, 1.82) is 0 Å².